The van der Waals surface area contributed by atoms with Gasteiger partial charge in [0.25, 0.3) is 10.0 Å². The van der Waals surface area contributed by atoms with Crippen LogP contribution in [0.15, 0.2) is 71.8 Å². The number of carbonyl (C=O) groups is 1. The number of carboxylic acids is 1. The van der Waals surface area contributed by atoms with Crippen LogP contribution < -0.4 is 9.62 Å². The molecular weight excluding hydrogens is 617 g/mol. The summed E-state index contributed by atoms with van der Waals surface area (Å²) in [4.78, 5) is 25.5. The molecule has 0 amide bonds. The van der Waals surface area contributed by atoms with Gasteiger partial charge < -0.3 is 10.0 Å². The molecule has 4 heterocycles. The van der Waals surface area contributed by atoms with Crippen LogP contribution in [0.1, 0.15) is 75.7 Å². The van der Waals surface area contributed by atoms with E-state index in [0.717, 1.165) is 66.6 Å². The monoisotopic (exact) mass is 660 g/mol. The number of sulfonamides is 1. The highest BCUT2D eigenvalue weighted by Crippen LogP contribution is 2.38. The fourth-order valence-electron chi connectivity index (χ4n) is 6.39. The summed E-state index contributed by atoms with van der Waals surface area (Å²) in [5, 5.41) is 9.34. The molecule has 4 bridgehead atoms. The fraction of sp³-hybridized carbons (Fsp3) is 0.417. The summed E-state index contributed by atoms with van der Waals surface area (Å²) >= 11 is 1.69. The summed E-state index contributed by atoms with van der Waals surface area (Å²) in [5.41, 5.74) is 3.68. The Morgan fingerprint density at radius 3 is 2.52 bits per heavy atom. The average molecular weight is 661 g/mol. The minimum Gasteiger partial charge on any atom is -0.481 e. The molecule has 1 atom stereocenters. The standard InChI is InChI=1S/C36H44N4O4S2/c1-4-22-36(3,23-21-34(41)42)25-40-24-10-6-5-7-12-27-13-8-9-14-28(27)35-29(30-19-17-26(2)45-30)18-20-31(37-35)39-46(43,44)33-16-11-15-32(40)38-33/h8-9,11,13-20H,4-7,10,12,21-25H2,1-3H3,(H,37,39)(H,41,42)/t36-/m0/s1. The van der Waals surface area contributed by atoms with Crippen LogP contribution in [0.5, 0.6) is 0 Å². The second-order valence-corrected chi connectivity index (χ2v) is 15.6. The summed E-state index contributed by atoms with van der Waals surface area (Å²) in [6, 6.07) is 21.2. The summed E-state index contributed by atoms with van der Waals surface area (Å²) in [6.07, 6.45) is 7.35. The molecule has 1 aliphatic heterocycles. The highest BCUT2D eigenvalue weighted by molar-refractivity contribution is 7.92. The number of carboxylic acid groups (broad SMARTS) is 1. The van der Waals surface area contributed by atoms with Crippen molar-refractivity contribution >= 4 is 39.0 Å². The number of anilines is 2. The molecule has 0 fully saturated rings. The van der Waals surface area contributed by atoms with Gasteiger partial charge in [-0.3, -0.25) is 9.52 Å². The van der Waals surface area contributed by atoms with Crippen molar-refractivity contribution in [2.45, 2.75) is 83.6 Å². The van der Waals surface area contributed by atoms with Gasteiger partial charge in [-0.15, -0.1) is 11.3 Å². The van der Waals surface area contributed by atoms with Crippen molar-refractivity contribution in [3.63, 3.8) is 0 Å². The van der Waals surface area contributed by atoms with Gasteiger partial charge in [-0.05, 0) is 86.4 Å². The molecule has 10 heteroatoms. The Morgan fingerprint density at radius 1 is 0.957 bits per heavy atom. The molecule has 5 rings (SSSR count). The molecule has 4 aromatic rings. The quantitative estimate of drug-likeness (QED) is 0.195. The number of nitrogens with one attached hydrogen (secondary N) is 1. The first kappa shape index (κ1) is 33.6. The minimum absolute atomic E-state index is 0.0799. The van der Waals surface area contributed by atoms with Gasteiger partial charge in [-0.1, -0.05) is 63.4 Å². The number of aryl methyl sites for hydroxylation is 2. The Kier molecular flexibility index (Phi) is 10.8. The first-order chi connectivity index (χ1) is 22.1. The molecule has 0 unspecified atom stereocenters. The summed E-state index contributed by atoms with van der Waals surface area (Å²) < 4.78 is 30.3. The van der Waals surface area contributed by atoms with Crippen LogP contribution in [-0.2, 0) is 21.2 Å². The van der Waals surface area contributed by atoms with Gasteiger partial charge in [0, 0.05) is 40.4 Å². The van der Waals surface area contributed by atoms with E-state index in [0.29, 0.717) is 25.3 Å². The number of hydrogen-bond acceptors (Lipinski definition) is 7. The molecule has 0 spiro atoms. The molecule has 0 radical (unpaired) electrons. The van der Waals surface area contributed by atoms with Gasteiger partial charge >= 0.3 is 5.97 Å². The lowest BCUT2D eigenvalue weighted by molar-refractivity contribution is -0.137. The second-order valence-electron chi connectivity index (χ2n) is 12.6. The molecule has 0 saturated carbocycles. The van der Waals surface area contributed by atoms with E-state index in [-0.39, 0.29) is 22.7 Å². The van der Waals surface area contributed by atoms with E-state index in [1.807, 2.05) is 18.2 Å². The van der Waals surface area contributed by atoms with Crippen molar-refractivity contribution in [2.75, 3.05) is 22.7 Å². The number of hydrogen-bond donors (Lipinski definition) is 2. The molecule has 244 valence electrons. The first-order valence-corrected chi connectivity index (χ1v) is 18.5. The Bertz CT molecular complexity index is 1770. The number of rotatable bonds is 8. The SMILES string of the molecule is CCC[C@@](C)(CCC(=O)O)CN1CCCCCCc2ccccc2-c2nc(ccc2-c2ccc(C)s2)NS(=O)(=O)c2cccc1n2. The van der Waals surface area contributed by atoms with Gasteiger partial charge in [0.05, 0.1) is 5.69 Å². The van der Waals surface area contributed by atoms with Crippen LogP contribution in [0.2, 0.25) is 0 Å². The third kappa shape index (κ3) is 8.33. The number of nitrogens with zero attached hydrogens (tertiary/aromatic N) is 3. The predicted octanol–water partition coefficient (Wildman–Crippen LogP) is 8.58. The topological polar surface area (TPSA) is 112 Å². The van der Waals surface area contributed by atoms with Gasteiger partial charge in [0.1, 0.15) is 11.6 Å². The number of benzene rings is 1. The Labute approximate surface area is 277 Å². The zero-order valence-corrected chi connectivity index (χ0v) is 28.6. The lowest BCUT2D eigenvalue weighted by Crippen LogP contribution is -2.38. The van der Waals surface area contributed by atoms with Crippen molar-refractivity contribution in [1.29, 1.82) is 0 Å². The lowest BCUT2D eigenvalue weighted by atomic mass is 9.80. The van der Waals surface area contributed by atoms with E-state index >= 15 is 0 Å². The molecule has 2 N–H and O–H groups in total. The van der Waals surface area contributed by atoms with Gasteiger partial charge in [-0.2, -0.15) is 8.42 Å². The first-order valence-electron chi connectivity index (χ1n) is 16.2. The highest BCUT2D eigenvalue weighted by Gasteiger charge is 2.29. The maximum atomic E-state index is 13.8. The average Bonchev–Trinajstić information content (AvgIpc) is 3.47. The van der Waals surface area contributed by atoms with Crippen LogP contribution in [0, 0.1) is 12.3 Å². The largest absolute Gasteiger partial charge is 0.481 e. The van der Waals surface area contributed by atoms with Gasteiger partial charge in [0.15, 0.2) is 5.03 Å². The van der Waals surface area contributed by atoms with E-state index < -0.39 is 16.0 Å². The Hall–Kier alpha value is -3.76. The lowest BCUT2D eigenvalue weighted by Gasteiger charge is -2.36. The van der Waals surface area contributed by atoms with E-state index in [1.54, 1.807) is 23.5 Å². The smallest absolute Gasteiger partial charge is 0.303 e. The molecule has 0 aliphatic carbocycles. The van der Waals surface area contributed by atoms with Crippen molar-refractivity contribution in [1.82, 2.24) is 9.97 Å². The highest BCUT2D eigenvalue weighted by atomic mass is 32.2. The zero-order chi connectivity index (χ0) is 32.7. The van der Waals surface area contributed by atoms with E-state index in [2.05, 4.69) is 65.7 Å². The second kappa shape index (κ2) is 14.8. The van der Waals surface area contributed by atoms with Crippen molar-refractivity contribution in [3.8, 4) is 21.7 Å². The van der Waals surface area contributed by atoms with Gasteiger partial charge in [-0.25, -0.2) is 9.97 Å². The molecular formula is C36H44N4O4S2. The molecule has 3 aromatic heterocycles. The number of fused-ring (bicyclic) bond motifs is 6. The van der Waals surface area contributed by atoms with Crippen LogP contribution in [0.25, 0.3) is 21.7 Å². The number of thiophene rings is 1. The summed E-state index contributed by atoms with van der Waals surface area (Å²) in [5.74, 6) is 0.00844. The van der Waals surface area contributed by atoms with E-state index in [4.69, 9.17) is 4.98 Å². The van der Waals surface area contributed by atoms with Crippen LogP contribution in [-0.4, -0.2) is 42.6 Å². The van der Waals surface area contributed by atoms with E-state index in [1.165, 1.54) is 16.5 Å². The van der Waals surface area contributed by atoms with Crippen LogP contribution in [0.3, 0.4) is 0 Å². The maximum absolute atomic E-state index is 13.8. The molecule has 1 aromatic carbocycles. The Morgan fingerprint density at radius 2 is 1.76 bits per heavy atom. The molecule has 1 aliphatic rings. The Balaban J connectivity index is 1.55. The zero-order valence-electron chi connectivity index (χ0n) is 27.0. The van der Waals surface area contributed by atoms with Gasteiger partial charge in [0.2, 0.25) is 0 Å². The maximum Gasteiger partial charge on any atom is 0.303 e. The number of aliphatic carboxylic acids is 1. The summed E-state index contributed by atoms with van der Waals surface area (Å²) in [6.45, 7) is 7.62. The molecule has 8 nitrogen and oxygen atoms in total. The van der Waals surface area contributed by atoms with Crippen LogP contribution >= 0.6 is 11.3 Å². The predicted molar refractivity (Wildman–Crippen MR) is 187 cm³/mol. The normalized spacial score (nSPS) is 16.5. The number of pyridine rings is 2. The fourth-order valence-corrected chi connectivity index (χ4v) is 8.25. The minimum atomic E-state index is -4.07. The molecule has 0 saturated heterocycles. The van der Waals surface area contributed by atoms with Crippen molar-refractivity contribution in [3.05, 3.63) is 77.2 Å². The van der Waals surface area contributed by atoms with Crippen molar-refractivity contribution < 1.29 is 18.3 Å². The number of aromatic nitrogens is 2. The van der Waals surface area contributed by atoms with E-state index in [9.17, 15) is 18.3 Å². The molecule has 46 heavy (non-hydrogen) atoms. The summed E-state index contributed by atoms with van der Waals surface area (Å²) in [7, 11) is -4.07. The third-order valence-electron chi connectivity index (χ3n) is 8.71. The van der Waals surface area contributed by atoms with Crippen LogP contribution in [0.4, 0.5) is 11.6 Å². The third-order valence-corrected chi connectivity index (χ3v) is 11.0. The van der Waals surface area contributed by atoms with Crippen molar-refractivity contribution in [2.24, 2.45) is 5.41 Å².